The van der Waals surface area contributed by atoms with Gasteiger partial charge in [0.15, 0.2) is 5.96 Å². The predicted octanol–water partition coefficient (Wildman–Crippen LogP) is 3.67. The van der Waals surface area contributed by atoms with Crippen LogP contribution in [-0.4, -0.2) is 15.5 Å². The van der Waals surface area contributed by atoms with E-state index in [9.17, 15) is 0 Å². The SMILES string of the molecule is CC(C)(C)C1CCC2(CC1)N=C(N)Nc1nc3ccccc3n12. The van der Waals surface area contributed by atoms with Gasteiger partial charge in [0.2, 0.25) is 5.95 Å². The number of aromatic nitrogens is 2. The number of aliphatic imine (C=N–C) groups is 1. The van der Waals surface area contributed by atoms with Gasteiger partial charge in [0.25, 0.3) is 0 Å². The van der Waals surface area contributed by atoms with E-state index in [1.54, 1.807) is 0 Å². The number of fused-ring (bicyclic) bond motifs is 4. The van der Waals surface area contributed by atoms with E-state index in [-0.39, 0.29) is 5.66 Å². The van der Waals surface area contributed by atoms with E-state index in [4.69, 9.17) is 15.7 Å². The highest BCUT2D eigenvalue weighted by Gasteiger charge is 2.43. The zero-order valence-corrected chi connectivity index (χ0v) is 14.1. The number of benzene rings is 1. The fraction of sp³-hybridized carbons (Fsp3) is 0.556. The molecule has 2 heterocycles. The lowest BCUT2D eigenvalue weighted by atomic mass is 9.69. The molecule has 0 unspecified atom stereocenters. The second kappa shape index (κ2) is 4.73. The van der Waals surface area contributed by atoms with E-state index in [1.807, 2.05) is 12.1 Å². The summed E-state index contributed by atoms with van der Waals surface area (Å²) in [6.45, 7) is 7.02. The quantitative estimate of drug-likeness (QED) is 0.780. The highest BCUT2D eigenvalue weighted by molar-refractivity contribution is 5.94. The highest BCUT2D eigenvalue weighted by Crippen LogP contribution is 2.48. The Kier molecular flexibility index (Phi) is 2.99. The van der Waals surface area contributed by atoms with Gasteiger partial charge in [0.05, 0.1) is 11.0 Å². The Morgan fingerprint density at radius 2 is 1.91 bits per heavy atom. The number of imidazole rings is 1. The first-order valence-electron chi connectivity index (χ1n) is 8.49. The second-order valence-corrected chi connectivity index (χ2v) is 8.00. The summed E-state index contributed by atoms with van der Waals surface area (Å²) in [5, 5.41) is 3.14. The van der Waals surface area contributed by atoms with E-state index in [2.05, 4.69) is 42.8 Å². The summed E-state index contributed by atoms with van der Waals surface area (Å²) in [5.74, 6) is 2.05. The van der Waals surface area contributed by atoms with Crippen LogP contribution >= 0.6 is 0 Å². The first-order chi connectivity index (χ1) is 10.9. The van der Waals surface area contributed by atoms with Crippen molar-refractivity contribution >= 4 is 22.9 Å². The monoisotopic (exact) mass is 311 g/mol. The van der Waals surface area contributed by atoms with Crippen molar-refractivity contribution in [3.05, 3.63) is 24.3 Å². The normalized spacial score (nSPS) is 27.6. The van der Waals surface area contributed by atoms with Crippen molar-refractivity contribution in [3.8, 4) is 0 Å². The summed E-state index contributed by atoms with van der Waals surface area (Å²) in [7, 11) is 0. The van der Waals surface area contributed by atoms with Gasteiger partial charge in [-0.3, -0.25) is 9.88 Å². The number of nitrogens with two attached hydrogens (primary N) is 1. The van der Waals surface area contributed by atoms with Crippen LogP contribution in [0.2, 0.25) is 0 Å². The molecular formula is C18H25N5. The molecule has 23 heavy (non-hydrogen) atoms. The van der Waals surface area contributed by atoms with Crippen LogP contribution in [0, 0.1) is 11.3 Å². The maximum Gasteiger partial charge on any atom is 0.212 e. The van der Waals surface area contributed by atoms with Crippen molar-refractivity contribution < 1.29 is 0 Å². The summed E-state index contributed by atoms with van der Waals surface area (Å²) in [4.78, 5) is 9.57. The van der Waals surface area contributed by atoms with Gasteiger partial charge >= 0.3 is 0 Å². The molecule has 122 valence electrons. The van der Waals surface area contributed by atoms with Crippen molar-refractivity contribution in [1.29, 1.82) is 0 Å². The third kappa shape index (κ3) is 2.21. The molecule has 3 N–H and O–H groups in total. The first-order valence-corrected chi connectivity index (χ1v) is 8.49. The third-order valence-electron chi connectivity index (χ3n) is 5.56. The molecule has 0 radical (unpaired) electrons. The minimum absolute atomic E-state index is 0.275. The fourth-order valence-corrected chi connectivity index (χ4v) is 4.23. The van der Waals surface area contributed by atoms with Gasteiger partial charge in [0, 0.05) is 0 Å². The molecule has 1 spiro atoms. The van der Waals surface area contributed by atoms with Crippen LogP contribution in [0.25, 0.3) is 11.0 Å². The van der Waals surface area contributed by atoms with Crippen LogP contribution in [0.15, 0.2) is 29.3 Å². The van der Waals surface area contributed by atoms with E-state index >= 15 is 0 Å². The van der Waals surface area contributed by atoms with Gasteiger partial charge in [-0.15, -0.1) is 0 Å². The maximum absolute atomic E-state index is 6.08. The van der Waals surface area contributed by atoms with Crippen LogP contribution in [0.4, 0.5) is 5.95 Å². The van der Waals surface area contributed by atoms with Crippen molar-refractivity contribution in [1.82, 2.24) is 9.55 Å². The van der Waals surface area contributed by atoms with Crippen molar-refractivity contribution in [2.45, 2.75) is 52.1 Å². The molecule has 1 saturated carbocycles. The molecule has 0 bridgehead atoms. The van der Waals surface area contributed by atoms with E-state index in [0.29, 0.717) is 11.4 Å². The Morgan fingerprint density at radius 1 is 1.22 bits per heavy atom. The Morgan fingerprint density at radius 3 is 2.61 bits per heavy atom. The lowest BCUT2D eigenvalue weighted by Gasteiger charge is -2.44. The Labute approximate surface area is 137 Å². The van der Waals surface area contributed by atoms with Crippen LogP contribution in [0.5, 0.6) is 0 Å². The Hall–Kier alpha value is -2.04. The predicted molar refractivity (Wildman–Crippen MR) is 94.4 cm³/mol. The number of nitrogens with zero attached hydrogens (tertiary/aromatic N) is 3. The average molecular weight is 311 g/mol. The molecule has 1 aromatic heterocycles. The first kappa shape index (κ1) is 14.5. The summed E-state index contributed by atoms with van der Waals surface area (Å²) in [5.41, 5.74) is 8.30. The standard InChI is InChI=1S/C18H25N5/c1-17(2,3)12-8-10-18(11-9-12)22-15(19)21-16-20-13-6-4-5-7-14(13)23(16)18/h4-7,12H,8-11H2,1-3H3,(H3,19,20,21,22). The van der Waals surface area contributed by atoms with Gasteiger partial charge in [-0.1, -0.05) is 32.9 Å². The third-order valence-corrected chi connectivity index (χ3v) is 5.56. The molecule has 5 heteroatoms. The van der Waals surface area contributed by atoms with Crippen molar-refractivity contribution in [2.75, 3.05) is 5.32 Å². The van der Waals surface area contributed by atoms with Crippen LogP contribution < -0.4 is 11.1 Å². The van der Waals surface area contributed by atoms with Gasteiger partial charge < -0.3 is 5.73 Å². The number of guanidine groups is 1. The molecule has 5 nitrogen and oxygen atoms in total. The topological polar surface area (TPSA) is 68.2 Å². The number of para-hydroxylation sites is 2. The number of nitrogens with one attached hydrogen (secondary N) is 1. The molecule has 4 rings (SSSR count). The van der Waals surface area contributed by atoms with E-state index < -0.39 is 0 Å². The number of anilines is 1. The molecule has 2 aromatic rings. The molecule has 1 aliphatic carbocycles. The fourth-order valence-electron chi connectivity index (χ4n) is 4.23. The van der Waals surface area contributed by atoms with Crippen LogP contribution in [0.1, 0.15) is 46.5 Å². The molecule has 0 atom stereocenters. The summed E-state index contributed by atoms with van der Waals surface area (Å²) >= 11 is 0. The van der Waals surface area contributed by atoms with Gasteiger partial charge in [-0.2, -0.15) is 0 Å². The minimum atomic E-state index is -0.275. The molecule has 1 aromatic carbocycles. The van der Waals surface area contributed by atoms with Crippen LogP contribution in [-0.2, 0) is 5.66 Å². The summed E-state index contributed by atoms with van der Waals surface area (Å²) in [6, 6.07) is 8.26. The molecule has 2 aliphatic rings. The smallest absolute Gasteiger partial charge is 0.212 e. The molecular weight excluding hydrogens is 286 g/mol. The molecule has 1 fully saturated rings. The minimum Gasteiger partial charge on any atom is -0.370 e. The largest absolute Gasteiger partial charge is 0.370 e. The zero-order valence-electron chi connectivity index (χ0n) is 14.1. The highest BCUT2D eigenvalue weighted by atomic mass is 15.4. The molecule has 1 aliphatic heterocycles. The van der Waals surface area contributed by atoms with Gasteiger partial charge in [-0.05, 0) is 49.1 Å². The lowest BCUT2D eigenvalue weighted by molar-refractivity contribution is 0.101. The van der Waals surface area contributed by atoms with E-state index in [0.717, 1.165) is 35.7 Å². The van der Waals surface area contributed by atoms with Crippen molar-refractivity contribution in [3.63, 3.8) is 0 Å². The zero-order chi connectivity index (χ0) is 16.2. The second-order valence-electron chi connectivity index (χ2n) is 8.00. The Bertz CT molecular complexity index is 772. The lowest BCUT2D eigenvalue weighted by Crippen LogP contribution is -2.45. The summed E-state index contributed by atoms with van der Waals surface area (Å²) < 4.78 is 2.28. The number of hydrogen-bond acceptors (Lipinski definition) is 4. The number of rotatable bonds is 0. The number of hydrogen-bond donors (Lipinski definition) is 2. The van der Waals surface area contributed by atoms with Gasteiger partial charge in [0.1, 0.15) is 5.66 Å². The van der Waals surface area contributed by atoms with Crippen LogP contribution in [0.3, 0.4) is 0 Å². The summed E-state index contributed by atoms with van der Waals surface area (Å²) in [6.07, 6.45) is 4.38. The van der Waals surface area contributed by atoms with E-state index in [1.165, 1.54) is 12.8 Å². The Balaban J connectivity index is 1.79. The molecule has 0 amide bonds. The maximum atomic E-state index is 6.08. The van der Waals surface area contributed by atoms with Gasteiger partial charge in [-0.25, -0.2) is 9.98 Å². The molecule has 0 saturated heterocycles. The average Bonchev–Trinajstić information content (AvgIpc) is 2.85. The van der Waals surface area contributed by atoms with Crippen molar-refractivity contribution in [2.24, 2.45) is 22.1 Å².